The van der Waals surface area contributed by atoms with Crippen molar-refractivity contribution in [1.82, 2.24) is 9.47 Å². The van der Waals surface area contributed by atoms with E-state index in [1.54, 1.807) is 44.4 Å². The fourth-order valence-electron chi connectivity index (χ4n) is 4.94. The fraction of sp³-hybridized carbons (Fsp3) is 0.200. The summed E-state index contributed by atoms with van der Waals surface area (Å²) in [6, 6.07) is 21.3. The molecule has 3 aromatic carbocycles. The van der Waals surface area contributed by atoms with E-state index in [9.17, 15) is 14.0 Å². The lowest BCUT2D eigenvalue weighted by atomic mass is 9.84. The maximum Gasteiger partial charge on any atom is 0.258 e. The lowest BCUT2D eigenvalue weighted by molar-refractivity contribution is 0.0715. The largest absolute Gasteiger partial charge is 0.497 e. The van der Waals surface area contributed by atoms with Gasteiger partial charge in [-0.25, -0.2) is 4.39 Å². The molecule has 1 aliphatic rings. The second kappa shape index (κ2) is 10.9. The quantitative estimate of drug-likeness (QED) is 0.292. The van der Waals surface area contributed by atoms with Crippen molar-refractivity contribution in [3.63, 3.8) is 0 Å². The van der Waals surface area contributed by atoms with Crippen LogP contribution >= 0.6 is 15.9 Å². The molecule has 0 bridgehead atoms. The van der Waals surface area contributed by atoms with Crippen LogP contribution in [0.1, 0.15) is 33.0 Å². The molecule has 2 heterocycles. The third-order valence-corrected chi connectivity index (χ3v) is 7.48. The maximum atomic E-state index is 14.8. The summed E-state index contributed by atoms with van der Waals surface area (Å²) < 4.78 is 27.7. The second-order valence-electron chi connectivity index (χ2n) is 9.30. The molecule has 0 saturated carbocycles. The topological polar surface area (TPSA) is 72.8 Å². The molecule has 0 fully saturated rings. The molecule has 1 atom stereocenters. The smallest absolute Gasteiger partial charge is 0.258 e. The number of carbonyl (C=O) groups excluding carboxylic acids is 1. The van der Waals surface area contributed by atoms with Crippen LogP contribution in [0.25, 0.3) is 0 Å². The number of amides is 1. The van der Waals surface area contributed by atoms with Crippen LogP contribution in [0.3, 0.4) is 0 Å². The van der Waals surface area contributed by atoms with Crippen molar-refractivity contribution in [2.24, 2.45) is 7.05 Å². The highest BCUT2D eigenvalue weighted by molar-refractivity contribution is 9.10. The van der Waals surface area contributed by atoms with Gasteiger partial charge in [0.2, 0.25) is 0 Å². The lowest BCUT2D eigenvalue weighted by Gasteiger charge is -2.36. The van der Waals surface area contributed by atoms with Crippen molar-refractivity contribution in [1.29, 1.82) is 0 Å². The Bertz CT molecular complexity index is 1610. The highest BCUT2D eigenvalue weighted by Crippen LogP contribution is 2.38. The van der Waals surface area contributed by atoms with E-state index in [4.69, 9.17) is 9.47 Å². The SMILES string of the molecule is COc1ccc(CN2CC(c3ccccc3)c3cc(=O)n(C)c(Nc4ccc(Br)cc4F)c3C2=O)c(OC)c1. The Morgan fingerprint density at radius 3 is 2.46 bits per heavy atom. The number of hydrogen-bond donors (Lipinski definition) is 1. The van der Waals surface area contributed by atoms with Gasteiger partial charge in [0.1, 0.15) is 23.1 Å². The van der Waals surface area contributed by atoms with Gasteiger partial charge in [-0.15, -0.1) is 0 Å². The van der Waals surface area contributed by atoms with Gasteiger partial charge < -0.3 is 19.7 Å². The Morgan fingerprint density at radius 2 is 1.77 bits per heavy atom. The van der Waals surface area contributed by atoms with E-state index in [2.05, 4.69) is 21.2 Å². The van der Waals surface area contributed by atoms with Crippen LogP contribution in [0.5, 0.6) is 11.5 Å². The molecule has 0 radical (unpaired) electrons. The minimum absolute atomic E-state index is 0.152. The first-order chi connectivity index (χ1) is 18.8. The molecule has 9 heteroatoms. The number of nitrogens with zero attached hydrogens (tertiary/aromatic N) is 2. The Balaban J connectivity index is 1.66. The standard InChI is InChI=1S/C30H27BrFN3O4/c1-34-27(36)15-22-23(18-7-5-4-6-8-18)17-35(16-19-9-11-21(38-2)14-26(19)39-3)30(37)28(22)29(34)33-25-12-10-20(31)13-24(25)32/h4-15,23,33H,16-17H2,1-3H3. The Kier molecular flexibility index (Phi) is 7.43. The summed E-state index contributed by atoms with van der Waals surface area (Å²) in [5.74, 6) is 0.414. The van der Waals surface area contributed by atoms with Crippen molar-refractivity contribution in [2.45, 2.75) is 12.5 Å². The first-order valence-electron chi connectivity index (χ1n) is 12.3. The van der Waals surface area contributed by atoms with E-state index in [1.807, 2.05) is 42.5 Å². The fourth-order valence-corrected chi connectivity index (χ4v) is 5.27. The van der Waals surface area contributed by atoms with Crippen LogP contribution in [0, 0.1) is 5.82 Å². The number of nitrogens with one attached hydrogen (secondary N) is 1. The molecule has 0 saturated heterocycles. The summed E-state index contributed by atoms with van der Waals surface area (Å²) in [5, 5.41) is 3.04. The first kappa shape index (κ1) is 26.5. The number of anilines is 2. The van der Waals surface area contributed by atoms with Gasteiger partial charge in [-0.3, -0.25) is 14.2 Å². The minimum atomic E-state index is -0.517. The number of ether oxygens (including phenoxy) is 2. The molecule has 7 nitrogen and oxygen atoms in total. The predicted molar refractivity (Wildman–Crippen MR) is 152 cm³/mol. The number of aromatic nitrogens is 1. The van der Waals surface area contributed by atoms with Crippen molar-refractivity contribution in [2.75, 3.05) is 26.1 Å². The van der Waals surface area contributed by atoms with Crippen LogP contribution < -0.4 is 20.3 Å². The first-order valence-corrected chi connectivity index (χ1v) is 13.1. The summed E-state index contributed by atoms with van der Waals surface area (Å²) in [5.41, 5.74) is 2.55. The zero-order chi connectivity index (χ0) is 27.7. The molecular weight excluding hydrogens is 565 g/mol. The van der Waals surface area contributed by atoms with Crippen LogP contribution in [-0.4, -0.2) is 36.1 Å². The molecule has 39 heavy (non-hydrogen) atoms. The Hall–Kier alpha value is -4.11. The third-order valence-electron chi connectivity index (χ3n) is 6.99. The molecule has 1 aromatic heterocycles. The number of hydrogen-bond acceptors (Lipinski definition) is 5. The molecule has 1 amide bonds. The summed E-state index contributed by atoms with van der Waals surface area (Å²) in [7, 11) is 4.72. The predicted octanol–water partition coefficient (Wildman–Crippen LogP) is 5.84. The minimum Gasteiger partial charge on any atom is -0.497 e. The average Bonchev–Trinajstić information content (AvgIpc) is 2.94. The molecule has 0 aliphatic carbocycles. The van der Waals surface area contributed by atoms with Gasteiger partial charge >= 0.3 is 0 Å². The second-order valence-corrected chi connectivity index (χ2v) is 10.2. The van der Waals surface area contributed by atoms with E-state index in [-0.39, 0.29) is 35.4 Å². The normalized spacial score (nSPS) is 14.6. The van der Waals surface area contributed by atoms with Gasteiger partial charge in [0.25, 0.3) is 11.5 Å². The highest BCUT2D eigenvalue weighted by Gasteiger charge is 2.36. The number of benzene rings is 3. The van der Waals surface area contributed by atoms with Gasteiger partial charge in [-0.2, -0.15) is 0 Å². The Morgan fingerprint density at radius 1 is 1.00 bits per heavy atom. The highest BCUT2D eigenvalue weighted by atomic mass is 79.9. The summed E-state index contributed by atoms with van der Waals surface area (Å²) >= 11 is 3.27. The van der Waals surface area contributed by atoms with Crippen LogP contribution in [0.2, 0.25) is 0 Å². The number of fused-ring (bicyclic) bond motifs is 1. The number of rotatable bonds is 7. The van der Waals surface area contributed by atoms with Gasteiger partial charge in [-0.1, -0.05) is 46.3 Å². The van der Waals surface area contributed by atoms with Crippen molar-refractivity contribution in [3.8, 4) is 11.5 Å². The maximum absolute atomic E-state index is 14.8. The number of halogens is 2. The monoisotopic (exact) mass is 591 g/mol. The van der Waals surface area contributed by atoms with E-state index in [0.717, 1.165) is 11.1 Å². The molecule has 4 aromatic rings. The van der Waals surface area contributed by atoms with Crippen LogP contribution in [0.4, 0.5) is 15.9 Å². The number of methoxy groups -OCH3 is 2. The molecule has 1 aliphatic heterocycles. The summed E-state index contributed by atoms with van der Waals surface area (Å²) in [6.45, 7) is 0.619. The molecular formula is C30H27BrFN3O4. The lowest BCUT2D eigenvalue weighted by Crippen LogP contribution is -2.42. The number of carbonyl (C=O) groups is 1. The Labute approximate surface area is 233 Å². The molecule has 1 N–H and O–H groups in total. The third kappa shape index (κ3) is 5.14. The van der Waals surface area contributed by atoms with E-state index < -0.39 is 5.82 Å². The molecule has 1 unspecified atom stereocenters. The van der Waals surface area contributed by atoms with E-state index in [1.165, 1.54) is 16.7 Å². The summed E-state index contributed by atoms with van der Waals surface area (Å²) in [4.78, 5) is 29.0. The van der Waals surface area contributed by atoms with Gasteiger partial charge in [0, 0.05) is 48.2 Å². The van der Waals surface area contributed by atoms with Gasteiger partial charge in [0.05, 0.1) is 25.5 Å². The van der Waals surface area contributed by atoms with Crippen molar-refractivity contribution < 1.29 is 18.7 Å². The molecule has 0 spiro atoms. The van der Waals surface area contributed by atoms with Gasteiger partial charge in [-0.05, 0) is 41.5 Å². The van der Waals surface area contributed by atoms with E-state index in [0.29, 0.717) is 33.6 Å². The molecule has 200 valence electrons. The zero-order valence-electron chi connectivity index (χ0n) is 21.7. The van der Waals surface area contributed by atoms with Crippen molar-refractivity contribution >= 4 is 33.3 Å². The van der Waals surface area contributed by atoms with Gasteiger partial charge in [0.15, 0.2) is 0 Å². The van der Waals surface area contributed by atoms with E-state index >= 15 is 0 Å². The van der Waals surface area contributed by atoms with Crippen LogP contribution in [-0.2, 0) is 13.6 Å². The van der Waals surface area contributed by atoms with Crippen LogP contribution in [0.15, 0.2) is 82.1 Å². The number of pyridine rings is 1. The van der Waals surface area contributed by atoms with Crippen molar-refractivity contribution in [3.05, 3.63) is 116 Å². The average molecular weight is 592 g/mol. The molecule has 5 rings (SSSR count). The zero-order valence-corrected chi connectivity index (χ0v) is 23.3. The summed E-state index contributed by atoms with van der Waals surface area (Å²) in [6.07, 6.45) is 0.